The number of hydrogen-bond donors (Lipinski definition) is 1. The molecule has 3 aromatic rings. The van der Waals surface area contributed by atoms with Crippen molar-refractivity contribution in [3.05, 3.63) is 54.4 Å². The molecular formula is C20H21N3O4S2. The number of ether oxygens (including phenoxy) is 1. The second-order valence-corrected chi connectivity index (χ2v) is 10.0. The average molecular weight is 432 g/mol. The van der Waals surface area contributed by atoms with Crippen LogP contribution in [0.5, 0.6) is 0 Å². The van der Waals surface area contributed by atoms with Crippen molar-refractivity contribution in [3.8, 4) is 0 Å². The molecule has 0 bridgehead atoms. The maximum absolute atomic E-state index is 12.9. The Labute approximate surface area is 173 Å². The average Bonchev–Trinajstić information content (AvgIpc) is 3.18. The molecule has 2 aromatic heterocycles. The fourth-order valence-corrected chi connectivity index (χ4v) is 5.46. The molecule has 1 aliphatic heterocycles. The fraction of sp³-hybridized carbons (Fsp3) is 0.300. The number of ketones is 1. The topological polar surface area (TPSA) is 92.4 Å². The van der Waals surface area contributed by atoms with Gasteiger partial charge in [0.1, 0.15) is 4.90 Å². The highest BCUT2D eigenvalue weighted by molar-refractivity contribution is 8.00. The third kappa shape index (κ3) is 4.09. The van der Waals surface area contributed by atoms with Gasteiger partial charge in [-0.15, -0.1) is 0 Å². The number of nitrogens with zero attached hydrogens (tertiary/aromatic N) is 2. The minimum absolute atomic E-state index is 0.000681. The van der Waals surface area contributed by atoms with E-state index >= 15 is 0 Å². The van der Waals surface area contributed by atoms with Crippen molar-refractivity contribution in [2.75, 3.05) is 26.3 Å². The lowest BCUT2D eigenvalue weighted by atomic mass is 10.1. The maximum Gasteiger partial charge on any atom is 0.244 e. The van der Waals surface area contributed by atoms with Gasteiger partial charge in [-0.25, -0.2) is 13.4 Å². The van der Waals surface area contributed by atoms with E-state index in [0.29, 0.717) is 36.9 Å². The summed E-state index contributed by atoms with van der Waals surface area (Å²) in [6.07, 6.45) is 3.09. The molecule has 7 nitrogen and oxygen atoms in total. The lowest BCUT2D eigenvalue weighted by Gasteiger charge is -2.25. The number of carbonyl (C=O) groups excluding carboxylic acids is 1. The normalized spacial score (nSPS) is 16.7. The highest BCUT2D eigenvalue weighted by atomic mass is 32.2. The summed E-state index contributed by atoms with van der Waals surface area (Å²) in [5.74, 6) is -0.000681. The number of Topliss-reactive ketones (excluding diaryl/α,β-unsaturated/α-hetero) is 1. The molecule has 0 radical (unpaired) electrons. The molecule has 152 valence electrons. The van der Waals surface area contributed by atoms with Crippen molar-refractivity contribution in [2.45, 2.75) is 22.1 Å². The Morgan fingerprint density at radius 3 is 2.69 bits per heavy atom. The molecule has 1 fully saturated rings. The van der Waals surface area contributed by atoms with Crippen LogP contribution < -0.4 is 0 Å². The van der Waals surface area contributed by atoms with Gasteiger partial charge in [0, 0.05) is 41.9 Å². The number of carbonyl (C=O) groups is 1. The first-order valence-electron chi connectivity index (χ1n) is 9.28. The minimum Gasteiger partial charge on any atom is -0.379 e. The molecule has 9 heteroatoms. The number of aromatic amines is 1. The Balaban J connectivity index is 1.47. The summed E-state index contributed by atoms with van der Waals surface area (Å²) in [6.45, 7) is 3.31. The third-order valence-corrected chi connectivity index (χ3v) is 7.77. The van der Waals surface area contributed by atoms with Gasteiger partial charge in [0.15, 0.2) is 5.78 Å². The smallest absolute Gasteiger partial charge is 0.244 e. The van der Waals surface area contributed by atoms with Gasteiger partial charge in [-0.1, -0.05) is 30.0 Å². The van der Waals surface area contributed by atoms with Crippen molar-refractivity contribution in [1.82, 2.24) is 14.3 Å². The van der Waals surface area contributed by atoms with E-state index in [1.807, 2.05) is 31.2 Å². The third-order valence-electron chi connectivity index (χ3n) is 4.84. The van der Waals surface area contributed by atoms with Gasteiger partial charge >= 0.3 is 0 Å². The Bertz CT molecular complexity index is 1120. The molecule has 29 heavy (non-hydrogen) atoms. The molecule has 4 rings (SSSR count). The van der Waals surface area contributed by atoms with E-state index in [-0.39, 0.29) is 15.9 Å². The minimum atomic E-state index is -3.57. The van der Waals surface area contributed by atoms with Gasteiger partial charge in [0.25, 0.3) is 0 Å². The van der Waals surface area contributed by atoms with Crippen LogP contribution in [-0.4, -0.2) is 60.0 Å². The van der Waals surface area contributed by atoms with Crippen molar-refractivity contribution in [3.63, 3.8) is 0 Å². The van der Waals surface area contributed by atoms with Crippen LogP contribution in [0.2, 0.25) is 0 Å². The number of morpholine rings is 1. The van der Waals surface area contributed by atoms with Crippen LogP contribution >= 0.6 is 11.8 Å². The van der Waals surface area contributed by atoms with Crippen molar-refractivity contribution < 1.29 is 17.9 Å². The highest BCUT2D eigenvalue weighted by Crippen LogP contribution is 2.28. The highest BCUT2D eigenvalue weighted by Gasteiger charge is 2.27. The number of para-hydroxylation sites is 1. The number of H-pyrrole nitrogens is 1. The summed E-state index contributed by atoms with van der Waals surface area (Å²) in [6, 6.07) is 10.9. The fourth-order valence-electron chi connectivity index (χ4n) is 3.25. The van der Waals surface area contributed by atoms with Crippen LogP contribution in [0.3, 0.4) is 0 Å². The first-order chi connectivity index (χ1) is 14.0. The summed E-state index contributed by atoms with van der Waals surface area (Å²) < 4.78 is 32.0. The molecule has 1 N–H and O–H groups in total. The molecule has 1 atom stereocenters. The first-order valence-corrected chi connectivity index (χ1v) is 11.6. The number of fused-ring (bicyclic) bond motifs is 1. The molecule has 1 saturated heterocycles. The summed E-state index contributed by atoms with van der Waals surface area (Å²) >= 11 is 1.31. The zero-order valence-electron chi connectivity index (χ0n) is 15.9. The molecule has 0 amide bonds. The number of sulfonamides is 1. The van der Waals surface area contributed by atoms with Crippen LogP contribution in [0.15, 0.2) is 58.7 Å². The molecular weight excluding hydrogens is 410 g/mol. The largest absolute Gasteiger partial charge is 0.379 e. The van der Waals surface area contributed by atoms with Gasteiger partial charge in [0.2, 0.25) is 10.0 Å². The number of pyridine rings is 1. The van der Waals surface area contributed by atoms with Crippen LogP contribution in [0.1, 0.15) is 17.3 Å². The quantitative estimate of drug-likeness (QED) is 0.477. The Hall–Kier alpha value is -2.20. The number of benzene rings is 1. The predicted octanol–water partition coefficient (Wildman–Crippen LogP) is 2.95. The van der Waals surface area contributed by atoms with E-state index < -0.39 is 10.0 Å². The van der Waals surface area contributed by atoms with Crippen molar-refractivity contribution in [1.29, 1.82) is 0 Å². The standard InChI is InChI=1S/C20H21N3O4S2/c1-14(20(24)17-13-21-18-5-3-2-4-16(17)18)28-19-7-6-15(12-22-19)29(25,26)23-8-10-27-11-9-23/h2-7,12-14,21H,8-11H2,1H3. The number of aromatic nitrogens is 2. The zero-order valence-corrected chi connectivity index (χ0v) is 17.5. The molecule has 1 unspecified atom stereocenters. The van der Waals surface area contributed by atoms with Crippen LogP contribution in [0, 0.1) is 0 Å². The van der Waals surface area contributed by atoms with E-state index in [9.17, 15) is 13.2 Å². The lowest BCUT2D eigenvalue weighted by molar-refractivity contribution is 0.0730. The van der Waals surface area contributed by atoms with E-state index in [1.165, 1.54) is 22.3 Å². The molecule has 3 heterocycles. The number of rotatable bonds is 6. The molecule has 1 aromatic carbocycles. The summed E-state index contributed by atoms with van der Waals surface area (Å²) in [5, 5.41) is 1.14. The SMILES string of the molecule is CC(Sc1ccc(S(=O)(=O)N2CCOCC2)cn1)C(=O)c1c[nH]c2ccccc12. The summed E-state index contributed by atoms with van der Waals surface area (Å²) in [4.78, 5) is 20.4. The zero-order chi connectivity index (χ0) is 20.4. The van der Waals surface area contributed by atoms with Crippen molar-refractivity contribution >= 4 is 38.5 Å². The van der Waals surface area contributed by atoms with Gasteiger partial charge in [-0.3, -0.25) is 4.79 Å². The monoisotopic (exact) mass is 431 g/mol. The Morgan fingerprint density at radius 2 is 1.97 bits per heavy atom. The second-order valence-electron chi connectivity index (χ2n) is 6.72. The second kappa shape index (κ2) is 8.27. The van der Waals surface area contributed by atoms with E-state index in [4.69, 9.17) is 4.74 Å². The van der Waals surface area contributed by atoms with Gasteiger partial charge in [0.05, 0.1) is 23.5 Å². The number of hydrogen-bond acceptors (Lipinski definition) is 6. The van der Waals surface area contributed by atoms with Crippen LogP contribution in [0.4, 0.5) is 0 Å². The van der Waals surface area contributed by atoms with Crippen LogP contribution in [-0.2, 0) is 14.8 Å². The van der Waals surface area contributed by atoms with Crippen molar-refractivity contribution in [2.24, 2.45) is 0 Å². The summed E-state index contributed by atoms with van der Waals surface area (Å²) in [7, 11) is -3.57. The number of thioether (sulfide) groups is 1. The van der Waals surface area contributed by atoms with Gasteiger partial charge in [-0.05, 0) is 25.1 Å². The van der Waals surface area contributed by atoms with E-state index in [0.717, 1.165) is 10.9 Å². The van der Waals surface area contributed by atoms with Gasteiger partial charge < -0.3 is 9.72 Å². The lowest BCUT2D eigenvalue weighted by Crippen LogP contribution is -2.40. The molecule has 1 aliphatic rings. The maximum atomic E-state index is 12.9. The molecule has 0 spiro atoms. The predicted molar refractivity (Wildman–Crippen MR) is 112 cm³/mol. The molecule has 0 aliphatic carbocycles. The van der Waals surface area contributed by atoms with Gasteiger partial charge in [-0.2, -0.15) is 4.31 Å². The summed E-state index contributed by atoms with van der Waals surface area (Å²) in [5.41, 5.74) is 1.57. The Morgan fingerprint density at radius 1 is 1.21 bits per heavy atom. The number of nitrogens with one attached hydrogen (secondary N) is 1. The van der Waals surface area contributed by atoms with E-state index in [2.05, 4.69) is 9.97 Å². The van der Waals surface area contributed by atoms with Crippen LogP contribution in [0.25, 0.3) is 10.9 Å². The van der Waals surface area contributed by atoms with E-state index in [1.54, 1.807) is 18.3 Å². The molecule has 0 saturated carbocycles. The first kappa shape index (κ1) is 20.1. The Kier molecular flexibility index (Phi) is 5.73.